The number of nitrogens with zero attached hydrogens (tertiary/aromatic N) is 4. The largest absolute Gasteiger partial charge is 0.478 e. The van der Waals surface area contributed by atoms with Gasteiger partial charge in [-0.15, -0.1) is 0 Å². The molecule has 0 aliphatic heterocycles. The molecule has 0 atom stereocenters. The third-order valence-corrected chi connectivity index (χ3v) is 6.77. The Labute approximate surface area is 233 Å². The van der Waals surface area contributed by atoms with Crippen LogP contribution in [0.2, 0.25) is 0 Å². The van der Waals surface area contributed by atoms with E-state index in [-0.39, 0.29) is 40.6 Å². The number of carbonyl (C=O) groups is 2. The summed E-state index contributed by atoms with van der Waals surface area (Å²) >= 11 is 0. The highest BCUT2D eigenvalue weighted by molar-refractivity contribution is 5.98. The molecule has 0 bridgehead atoms. The molecule has 1 fully saturated rings. The predicted molar refractivity (Wildman–Crippen MR) is 138 cm³/mol. The molecule has 4 aromatic rings. The summed E-state index contributed by atoms with van der Waals surface area (Å²) in [5.41, 5.74) is 6.43. The lowest BCUT2D eigenvalue weighted by Crippen LogP contribution is -2.37. The van der Waals surface area contributed by atoms with Crippen LogP contribution in [0.25, 0.3) is 22.3 Å². The van der Waals surface area contributed by atoms with Crippen molar-refractivity contribution in [2.75, 3.05) is 5.73 Å². The van der Waals surface area contributed by atoms with Gasteiger partial charge in [-0.05, 0) is 37.8 Å². The Morgan fingerprint density at radius 2 is 1.67 bits per heavy atom. The first-order valence-corrected chi connectivity index (χ1v) is 12.5. The number of rotatable bonds is 7. The van der Waals surface area contributed by atoms with Gasteiger partial charge >= 0.3 is 5.97 Å². The number of nitrogen functional groups attached to an aromatic ring is 1. The standard InChI is InChI=1S/C27H21F5N6O4/c28-16-9-14(42-25-22(31)17(29)10-18(30)23(25)32)5-6-15(16)24-21-26(33)34-11-35-27(21)38(37-24)13-3-1-12(2-4-13)36-19(39)7-8-20(40)41/h5-13H,1-4H2,(H,36,39)(H,40,41)(H2,33,34,35)/b8-7+. The topological polar surface area (TPSA) is 145 Å². The second-order valence-electron chi connectivity index (χ2n) is 9.48. The molecule has 1 aliphatic rings. The van der Waals surface area contributed by atoms with Gasteiger partial charge in [0.05, 0.1) is 11.4 Å². The van der Waals surface area contributed by atoms with Gasteiger partial charge in [-0.2, -0.15) is 13.9 Å². The fourth-order valence-corrected chi connectivity index (χ4v) is 4.81. The highest BCUT2D eigenvalue weighted by Crippen LogP contribution is 2.38. The summed E-state index contributed by atoms with van der Waals surface area (Å²) in [4.78, 5) is 30.8. The van der Waals surface area contributed by atoms with Crippen molar-refractivity contribution in [3.8, 4) is 22.8 Å². The first-order valence-electron chi connectivity index (χ1n) is 12.5. The van der Waals surface area contributed by atoms with Crippen LogP contribution in [0.3, 0.4) is 0 Å². The number of carboxylic acids is 1. The summed E-state index contributed by atoms with van der Waals surface area (Å²) in [7, 11) is 0. The smallest absolute Gasteiger partial charge is 0.328 e. The van der Waals surface area contributed by atoms with E-state index in [1.807, 2.05) is 0 Å². The van der Waals surface area contributed by atoms with Crippen LogP contribution in [0.5, 0.6) is 11.5 Å². The van der Waals surface area contributed by atoms with Gasteiger partial charge in [-0.3, -0.25) is 4.79 Å². The number of nitrogens with two attached hydrogens (primary N) is 1. The number of aliphatic carboxylic acids is 1. The molecular weight excluding hydrogens is 567 g/mol. The summed E-state index contributed by atoms with van der Waals surface area (Å²) < 4.78 is 77.1. The summed E-state index contributed by atoms with van der Waals surface area (Å²) in [6.07, 6.45) is 5.10. The van der Waals surface area contributed by atoms with Crippen molar-refractivity contribution in [3.63, 3.8) is 0 Å². The third kappa shape index (κ3) is 5.57. The van der Waals surface area contributed by atoms with Crippen molar-refractivity contribution in [2.45, 2.75) is 37.8 Å². The monoisotopic (exact) mass is 588 g/mol. The Bertz CT molecular complexity index is 1710. The zero-order valence-corrected chi connectivity index (χ0v) is 21.5. The van der Waals surface area contributed by atoms with E-state index in [9.17, 15) is 27.2 Å². The number of hydrogen-bond acceptors (Lipinski definition) is 7. The fourth-order valence-electron chi connectivity index (χ4n) is 4.81. The second kappa shape index (κ2) is 11.4. The molecule has 0 unspecified atom stereocenters. The average molecular weight is 588 g/mol. The SMILES string of the molecule is Nc1ncnc2c1c(-c1ccc(Oc3c(F)c(F)cc(F)c3F)cc1F)nn2C1CCC(NC(=O)/C=C/C(=O)O)CC1. The number of nitrogens with one attached hydrogen (secondary N) is 1. The number of hydrogen-bond donors (Lipinski definition) is 3. The van der Waals surface area contributed by atoms with Crippen molar-refractivity contribution >= 4 is 28.7 Å². The Kier molecular flexibility index (Phi) is 7.74. The lowest BCUT2D eigenvalue weighted by Gasteiger charge is -2.29. The molecule has 2 heterocycles. The molecule has 10 nitrogen and oxygen atoms in total. The number of amides is 1. The number of anilines is 1. The van der Waals surface area contributed by atoms with Gasteiger partial charge in [0.25, 0.3) is 0 Å². The molecule has 0 radical (unpaired) electrons. The van der Waals surface area contributed by atoms with E-state index in [0.717, 1.165) is 24.3 Å². The molecule has 2 aromatic heterocycles. The van der Waals surface area contributed by atoms with Crippen LogP contribution in [0.1, 0.15) is 31.7 Å². The van der Waals surface area contributed by atoms with Gasteiger partial charge in [-0.1, -0.05) is 0 Å². The molecule has 1 aliphatic carbocycles. The molecule has 15 heteroatoms. The summed E-state index contributed by atoms with van der Waals surface area (Å²) in [5.74, 6) is -11.4. The van der Waals surface area contributed by atoms with Gasteiger partial charge in [-0.25, -0.2) is 32.6 Å². The minimum Gasteiger partial charge on any atom is -0.478 e. The first-order chi connectivity index (χ1) is 20.0. The third-order valence-electron chi connectivity index (χ3n) is 6.77. The number of benzene rings is 2. The van der Waals surface area contributed by atoms with Crippen LogP contribution in [0.15, 0.2) is 42.7 Å². The molecule has 218 valence electrons. The first kappa shape index (κ1) is 28.4. The normalized spacial score (nSPS) is 17.1. The van der Waals surface area contributed by atoms with Gasteiger partial charge in [0.1, 0.15) is 29.4 Å². The van der Waals surface area contributed by atoms with Gasteiger partial charge in [0, 0.05) is 35.9 Å². The number of fused-ring (bicyclic) bond motifs is 1. The van der Waals surface area contributed by atoms with E-state index < -0.39 is 52.5 Å². The maximum Gasteiger partial charge on any atom is 0.328 e. The van der Waals surface area contributed by atoms with Crippen LogP contribution in [-0.4, -0.2) is 42.8 Å². The fraction of sp³-hybridized carbons (Fsp3) is 0.222. The molecule has 2 aromatic carbocycles. The van der Waals surface area contributed by atoms with Crippen molar-refractivity contribution in [2.24, 2.45) is 0 Å². The highest BCUT2D eigenvalue weighted by Gasteiger charge is 2.28. The van der Waals surface area contributed by atoms with Crippen LogP contribution >= 0.6 is 0 Å². The average Bonchev–Trinajstić information content (AvgIpc) is 3.34. The van der Waals surface area contributed by atoms with Gasteiger partial charge < -0.3 is 20.9 Å². The van der Waals surface area contributed by atoms with E-state index in [4.69, 9.17) is 15.6 Å². The maximum absolute atomic E-state index is 15.4. The maximum atomic E-state index is 15.4. The van der Waals surface area contributed by atoms with E-state index in [1.54, 1.807) is 4.68 Å². The lowest BCUT2D eigenvalue weighted by molar-refractivity contribution is -0.131. The number of ether oxygens (including phenoxy) is 1. The molecule has 5 rings (SSSR count). The van der Waals surface area contributed by atoms with Crippen molar-refractivity contribution in [1.82, 2.24) is 25.1 Å². The molecule has 42 heavy (non-hydrogen) atoms. The Morgan fingerprint density at radius 3 is 2.31 bits per heavy atom. The number of halogens is 5. The molecule has 0 saturated heterocycles. The zero-order valence-electron chi connectivity index (χ0n) is 21.5. The van der Waals surface area contributed by atoms with Gasteiger partial charge in [0.2, 0.25) is 23.3 Å². The summed E-state index contributed by atoms with van der Waals surface area (Å²) in [6.45, 7) is 0. The van der Waals surface area contributed by atoms with E-state index in [2.05, 4.69) is 20.4 Å². The minimum atomic E-state index is -1.78. The van der Waals surface area contributed by atoms with Crippen LogP contribution < -0.4 is 15.8 Å². The van der Waals surface area contributed by atoms with E-state index >= 15 is 4.39 Å². The van der Waals surface area contributed by atoms with E-state index in [1.165, 1.54) is 12.4 Å². The highest BCUT2D eigenvalue weighted by atomic mass is 19.2. The van der Waals surface area contributed by atoms with Crippen molar-refractivity contribution in [3.05, 3.63) is 71.8 Å². The summed E-state index contributed by atoms with van der Waals surface area (Å²) in [6, 6.07) is 2.73. The zero-order chi connectivity index (χ0) is 30.1. The number of carbonyl (C=O) groups excluding carboxylic acids is 1. The van der Waals surface area contributed by atoms with Crippen LogP contribution in [0, 0.1) is 29.1 Å². The molecule has 1 saturated carbocycles. The lowest BCUT2D eigenvalue weighted by atomic mass is 9.91. The number of aromatic nitrogens is 4. The Hall–Kier alpha value is -5.08. The van der Waals surface area contributed by atoms with Crippen molar-refractivity contribution < 1.29 is 41.4 Å². The van der Waals surface area contributed by atoms with Crippen molar-refractivity contribution in [1.29, 1.82) is 0 Å². The van der Waals surface area contributed by atoms with Crippen LogP contribution in [-0.2, 0) is 9.59 Å². The molecule has 1 amide bonds. The van der Waals surface area contributed by atoms with E-state index in [0.29, 0.717) is 31.3 Å². The minimum absolute atomic E-state index is 0.0199. The molecule has 4 N–H and O–H groups in total. The summed E-state index contributed by atoms with van der Waals surface area (Å²) in [5, 5.41) is 16.3. The molecule has 0 spiro atoms. The van der Waals surface area contributed by atoms with Crippen LogP contribution in [0.4, 0.5) is 27.8 Å². The Morgan fingerprint density at radius 1 is 0.976 bits per heavy atom. The van der Waals surface area contributed by atoms with Gasteiger partial charge in [0.15, 0.2) is 17.3 Å². The quantitative estimate of drug-likeness (QED) is 0.159. The predicted octanol–water partition coefficient (Wildman–Crippen LogP) is 4.80. The second-order valence-corrected chi connectivity index (χ2v) is 9.48. The Balaban J connectivity index is 1.41. The number of carboxylic acid groups (broad SMARTS) is 1. The molecular formula is C27H21F5N6O4.